The lowest BCUT2D eigenvalue weighted by molar-refractivity contribution is -0.0382. The molecule has 0 aromatic rings. The van der Waals surface area contributed by atoms with Gasteiger partial charge < -0.3 is 4.74 Å². The van der Waals surface area contributed by atoms with Crippen LogP contribution in [0.25, 0.3) is 0 Å². The van der Waals surface area contributed by atoms with Crippen molar-refractivity contribution in [2.24, 2.45) is 11.8 Å². The van der Waals surface area contributed by atoms with Gasteiger partial charge in [0.05, 0.1) is 5.60 Å². The van der Waals surface area contributed by atoms with Crippen molar-refractivity contribution in [1.29, 1.82) is 0 Å². The van der Waals surface area contributed by atoms with Crippen LogP contribution in [0.3, 0.4) is 0 Å². The van der Waals surface area contributed by atoms with Gasteiger partial charge in [0.1, 0.15) is 7.85 Å². The Morgan fingerprint density at radius 1 is 1.75 bits per heavy atom. The normalized spacial score (nSPS) is 51.8. The predicted octanol–water partition coefficient (Wildman–Crippen LogP) is 1.87. The van der Waals surface area contributed by atoms with Gasteiger partial charge in [-0.25, -0.2) is 0 Å². The standard InChI is InChI=1S/C10H15BO/c1-4-10-5-6(2)8(7(10)3)9(11)12-10/h7-9H,2,4-5H2,1,3H3/t7-,8?,9+,10+/m0/s1. The van der Waals surface area contributed by atoms with E-state index < -0.39 is 0 Å². The van der Waals surface area contributed by atoms with Gasteiger partial charge in [-0.1, -0.05) is 26.0 Å². The molecule has 0 aromatic heterocycles. The average molecular weight is 162 g/mol. The lowest BCUT2D eigenvalue weighted by Crippen LogP contribution is -2.33. The van der Waals surface area contributed by atoms with Gasteiger partial charge in [0.25, 0.3) is 0 Å². The van der Waals surface area contributed by atoms with Gasteiger partial charge in [-0.3, -0.25) is 0 Å². The molecular formula is C10H15BO. The Hall–Kier alpha value is -0.235. The summed E-state index contributed by atoms with van der Waals surface area (Å²) in [6, 6.07) is -0.0961. The molecule has 12 heavy (non-hydrogen) atoms. The van der Waals surface area contributed by atoms with Crippen LogP contribution in [-0.2, 0) is 4.74 Å². The van der Waals surface area contributed by atoms with Gasteiger partial charge >= 0.3 is 0 Å². The van der Waals surface area contributed by atoms with Gasteiger partial charge in [0, 0.05) is 11.9 Å². The van der Waals surface area contributed by atoms with Crippen molar-refractivity contribution in [1.82, 2.24) is 0 Å². The minimum atomic E-state index is -0.0961. The highest BCUT2D eigenvalue weighted by molar-refractivity contribution is 6.11. The molecular weight excluding hydrogens is 147 g/mol. The Kier molecular flexibility index (Phi) is 1.66. The largest absolute Gasteiger partial charge is 0.380 e. The maximum absolute atomic E-state index is 5.88. The summed E-state index contributed by atoms with van der Waals surface area (Å²) < 4.78 is 5.80. The van der Waals surface area contributed by atoms with E-state index in [0.29, 0.717) is 11.8 Å². The maximum atomic E-state index is 5.88. The van der Waals surface area contributed by atoms with Crippen LogP contribution >= 0.6 is 0 Å². The van der Waals surface area contributed by atoms with E-state index in [4.69, 9.17) is 12.6 Å². The highest BCUT2D eigenvalue weighted by Gasteiger charge is 2.56. The van der Waals surface area contributed by atoms with Crippen LogP contribution < -0.4 is 0 Å². The highest BCUT2D eigenvalue weighted by atomic mass is 16.5. The topological polar surface area (TPSA) is 9.23 Å². The SMILES string of the molecule is [B][C@@H]1O[C@]2(CC)CC(=C)C1[C@@H]2C. The van der Waals surface area contributed by atoms with Crippen molar-refractivity contribution < 1.29 is 4.74 Å². The van der Waals surface area contributed by atoms with Crippen LogP contribution in [0.4, 0.5) is 0 Å². The van der Waals surface area contributed by atoms with Crippen LogP contribution in [0.5, 0.6) is 0 Å². The summed E-state index contributed by atoms with van der Waals surface area (Å²) in [6.07, 6.45) is 2.07. The monoisotopic (exact) mass is 162 g/mol. The lowest BCUT2D eigenvalue weighted by atomic mass is 9.80. The van der Waals surface area contributed by atoms with Crippen molar-refractivity contribution in [2.75, 3.05) is 0 Å². The van der Waals surface area contributed by atoms with Crippen molar-refractivity contribution >= 4 is 7.85 Å². The molecule has 1 aliphatic heterocycles. The Morgan fingerprint density at radius 2 is 2.42 bits per heavy atom. The molecule has 1 heterocycles. The highest BCUT2D eigenvalue weighted by Crippen LogP contribution is 2.55. The van der Waals surface area contributed by atoms with Crippen molar-refractivity contribution in [3.63, 3.8) is 0 Å². The van der Waals surface area contributed by atoms with Gasteiger partial charge in [0.15, 0.2) is 0 Å². The molecule has 1 unspecified atom stereocenters. The molecule has 2 bridgehead atoms. The molecule has 0 aromatic carbocycles. The molecule has 2 heteroatoms. The second-order valence-electron chi connectivity index (χ2n) is 4.15. The second-order valence-corrected chi connectivity index (χ2v) is 4.15. The second kappa shape index (κ2) is 2.38. The first-order valence-corrected chi connectivity index (χ1v) is 4.72. The number of fused-ring (bicyclic) bond motifs is 2. The summed E-state index contributed by atoms with van der Waals surface area (Å²) >= 11 is 0. The number of hydrogen-bond donors (Lipinski definition) is 0. The molecule has 1 nitrogen and oxygen atoms in total. The fraction of sp³-hybridized carbons (Fsp3) is 0.800. The first kappa shape index (κ1) is 8.37. The first-order chi connectivity index (χ1) is 5.60. The third-order valence-electron chi connectivity index (χ3n) is 3.69. The van der Waals surface area contributed by atoms with E-state index in [9.17, 15) is 0 Å². The quantitative estimate of drug-likeness (QED) is 0.422. The number of ether oxygens (including phenoxy) is 1. The molecule has 1 aliphatic carbocycles. The molecule has 2 rings (SSSR count). The molecule has 2 aliphatic rings. The zero-order chi connectivity index (χ0) is 8.93. The van der Waals surface area contributed by atoms with E-state index in [-0.39, 0.29) is 11.6 Å². The first-order valence-electron chi connectivity index (χ1n) is 4.72. The van der Waals surface area contributed by atoms with E-state index in [1.54, 1.807) is 0 Å². The molecule has 0 spiro atoms. The summed E-state index contributed by atoms with van der Waals surface area (Å²) in [5.74, 6) is 0.968. The van der Waals surface area contributed by atoms with E-state index in [1.165, 1.54) is 5.57 Å². The third kappa shape index (κ3) is 0.793. The van der Waals surface area contributed by atoms with Crippen LogP contribution in [0, 0.1) is 11.8 Å². The molecule has 0 N–H and O–H groups in total. The maximum Gasteiger partial charge on any atom is 0.109 e. The molecule has 64 valence electrons. The lowest BCUT2D eigenvalue weighted by Gasteiger charge is -2.30. The average Bonchev–Trinajstić information content (AvgIpc) is 2.37. The fourth-order valence-corrected chi connectivity index (χ4v) is 2.88. The molecule has 1 saturated heterocycles. The van der Waals surface area contributed by atoms with E-state index in [1.807, 2.05) is 0 Å². The predicted molar refractivity (Wildman–Crippen MR) is 50.1 cm³/mol. The van der Waals surface area contributed by atoms with E-state index in [0.717, 1.165) is 12.8 Å². The summed E-state index contributed by atoms with van der Waals surface area (Å²) in [6.45, 7) is 8.48. The smallest absolute Gasteiger partial charge is 0.109 e. The zero-order valence-corrected chi connectivity index (χ0v) is 7.84. The summed E-state index contributed by atoms with van der Waals surface area (Å²) in [5, 5.41) is 0. The molecule has 0 amide bonds. The van der Waals surface area contributed by atoms with Gasteiger partial charge in [-0.2, -0.15) is 0 Å². The Morgan fingerprint density at radius 3 is 2.75 bits per heavy atom. The van der Waals surface area contributed by atoms with Crippen LogP contribution in [0.2, 0.25) is 0 Å². The van der Waals surface area contributed by atoms with Crippen LogP contribution in [0.15, 0.2) is 12.2 Å². The van der Waals surface area contributed by atoms with Gasteiger partial charge in [0.2, 0.25) is 0 Å². The summed E-state index contributed by atoms with van der Waals surface area (Å²) in [5.41, 5.74) is 1.32. The van der Waals surface area contributed by atoms with Gasteiger partial charge in [-0.15, -0.1) is 0 Å². The molecule has 2 fully saturated rings. The zero-order valence-electron chi connectivity index (χ0n) is 7.84. The van der Waals surface area contributed by atoms with Gasteiger partial charge in [-0.05, 0) is 18.8 Å². The van der Waals surface area contributed by atoms with Crippen molar-refractivity contribution in [3.8, 4) is 0 Å². The Balaban J connectivity index is 2.34. The molecule has 2 radical (unpaired) electrons. The van der Waals surface area contributed by atoms with Crippen molar-refractivity contribution in [3.05, 3.63) is 12.2 Å². The molecule has 4 atom stereocenters. The Bertz CT molecular complexity index is 226. The minimum absolute atomic E-state index is 0.0289. The Labute approximate surface area is 75.6 Å². The van der Waals surface area contributed by atoms with E-state index >= 15 is 0 Å². The minimum Gasteiger partial charge on any atom is -0.380 e. The van der Waals surface area contributed by atoms with E-state index in [2.05, 4.69) is 20.4 Å². The van der Waals surface area contributed by atoms with Crippen LogP contribution in [0.1, 0.15) is 26.7 Å². The van der Waals surface area contributed by atoms with Crippen LogP contribution in [-0.4, -0.2) is 19.5 Å². The number of hydrogen-bond acceptors (Lipinski definition) is 1. The molecule has 1 saturated carbocycles. The summed E-state index contributed by atoms with van der Waals surface area (Å²) in [7, 11) is 5.88. The van der Waals surface area contributed by atoms with Crippen molar-refractivity contribution in [2.45, 2.75) is 38.3 Å². The summed E-state index contributed by atoms with van der Waals surface area (Å²) in [4.78, 5) is 0. The fourth-order valence-electron chi connectivity index (χ4n) is 2.88. The third-order valence-corrected chi connectivity index (χ3v) is 3.69. The number of rotatable bonds is 1.